The van der Waals surface area contributed by atoms with E-state index in [4.69, 9.17) is 5.73 Å². The summed E-state index contributed by atoms with van der Waals surface area (Å²) in [5, 5.41) is 18.0. The molecule has 0 aliphatic heterocycles. The molecule has 0 saturated heterocycles. The largest absolute Gasteiger partial charge is 0.389 e. The zero-order valence-electron chi connectivity index (χ0n) is 8.16. The van der Waals surface area contributed by atoms with E-state index < -0.39 is 5.60 Å². The normalized spacial score (nSPS) is 11.4. The van der Waals surface area contributed by atoms with Gasteiger partial charge in [0, 0.05) is 12.6 Å². The average molecular weight is 198 g/mol. The van der Waals surface area contributed by atoms with E-state index in [2.05, 4.69) is 15.5 Å². The number of nitrogens with zero attached hydrogens (tertiary/aromatic N) is 1. The summed E-state index contributed by atoms with van der Waals surface area (Å²) >= 11 is 0. The van der Waals surface area contributed by atoms with Crippen molar-refractivity contribution in [3.63, 3.8) is 0 Å². The van der Waals surface area contributed by atoms with Crippen LogP contribution in [-0.4, -0.2) is 33.4 Å². The van der Waals surface area contributed by atoms with Crippen molar-refractivity contribution in [3.8, 4) is 0 Å². The van der Waals surface area contributed by atoms with Crippen molar-refractivity contribution in [1.82, 2.24) is 15.5 Å². The van der Waals surface area contributed by atoms with Crippen LogP contribution in [0.1, 0.15) is 24.3 Å². The number of hydrogen-bond donors (Lipinski definition) is 4. The van der Waals surface area contributed by atoms with Gasteiger partial charge < -0.3 is 16.2 Å². The van der Waals surface area contributed by atoms with Gasteiger partial charge in [0.25, 0.3) is 5.91 Å². The number of nitrogens with one attached hydrogen (secondary N) is 2. The Balaban J connectivity index is 2.52. The topological polar surface area (TPSA) is 104 Å². The van der Waals surface area contributed by atoms with Gasteiger partial charge in [0.15, 0.2) is 0 Å². The Morgan fingerprint density at radius 1 is 1.79 bits per heavy atom. The highest BCUT2D eigenvalue weighted by Crippen LogP contribution is 2.02. The Labute approximate surface area is 81.5 Å². The number of aliphatic hydroxyl groups is 1. The molecule has 6 nitrogen and oxygen atoms in total. The third-order valence-electron chi connectivity index (χ3n) is 1.52. The molecule has 6 heteroatoms. The van der Waals surface area contributed by atoms with Crippen LogP contribution in [0.2, 0.25) is 0 Å². The summed E-state index contributed by atoms with van der Waals surface area (Å²) in [6, 6.07) is 1.43. The second-order valence-electron chi connectivity index (χ2n) is 3.70. The molecule has 1 rings (SSSR count). The van der Waals surface area contributed by atoms with Gasteiger partial charge in [-0.1, -0.05) is 0 Å². The third-order valence-corrected chi connectivity index (χ3v) is 1.52. The molecular weight excluding hydrogens is 184 g/mol. The fourth-order valence-corrected chi connectivity index (χ4v) is 0.845. The molecule has 1 aromatic heterocycles. The number of aromatic amines is 1. The summed E-state index contributed by atoms with van der Waals surface area (Å²) < 4.78 is 0. The molecule has 1 aromatic rings. The Kier molecular flexibility index (Phi) is 2.76. The lowest BCUT2D eigenvalue weighted by atomic mass is 10.1. The fourth-order valence-electron chi connectivity index (χ4n) is 0.845. The zero-order chi connectivity index (χ0) is 10.8. The van der Waals surface area contributed by atoms with Crippen LogP contribution in [0.3, 0.4) is 0 Å². The second kappa shape index (κ2) is 3.67. The summed E-state index contributed by atoms with van der Waals surface area (Å²) in [4.78, 5) is 11.4. The summed E-state index contributed by atoms with van der Waals surface area (Å²) in [6.45, 7) is 3.38. The monoisotopic (exact) mass is 198 g/mol. The van der Waals surface area contributed by atoms with E-state index >= 15 is 0 Å². The molecule has 0 aliphatic carbocycles. The van der Waals surface area contributed by atoms with Gasteiger partial charge >= 0.3 is 0 Å². The van der Waals surface area contributed by atoms with E-state index in [0.717, 1.165) is 0 Å². The molecule has 78 valence electrons. The van der Waals surface area contributed by atoms with Crippen molar-refractivity contribution in [1.29, 1.82) is 0 Å². The third kappa shape index (κ3) is 3.06. The molecule has 0 radical (unpaired) electrons. The maximum Gasteiger partial charge on any atom is 0.269 e. The summed E-state index contributed by atoms with van der Waals surface area (Å²) in [5.41, 5.74) is 4.68. The number of carbonyl (C=O) groups is 1. The van der Waals surface area contributed by atoms with Crippen molar-refractivity contribution in [2.45, 2.75) is 19.4 Å². The summed E-state index contributed by atoms with van der Waals surface area (Å²) in [6.07, 6.45) is 0. The van der Waals surface area contributed by atoms with Gasteiger partial charge in [-0.3, -0.25) is 9.89 Å². The van der Waals surface area contributed by atoms with Gasteiger partial charge in [-0.05, 0) is 13.8 Å². The number of nitrogens with two attached hydrogens (primary N) is 1. The second-order valence-corrected chi connectivity index (χ2v) is 3.70. The van der Waals surface area contributed by atoms with E-state index in [1.165, 1.54) is 6.07 Å². The minimum atomic E-state index is -0.929. The molecule has 5 N–H and O–H groups in total. The van der Waals surface area contributed by atoms with Gasteiger partial charge in [0.2, 0.25) is 0 Å². The molecule has 0 atom stereocenters. The van der Waals surface area contributed by atoms with Gasteiger partial charge in [-0.25, -0.2) is 0 Å². The van der Waals surface area contributed by atoms with Crippen LogP contribution >= 0.6 is 0 Å². The van der Waals surface area contributed by atoms with Gasteiger partial charge in [0.1, 0.15) is 11.5 Å². The molecule has 0 aliphatic rings. The predicted molar refractivity (Wildman–Crippen MR) is 51.6 cm³/mol. The highest BCUT2D eigenvalue weighted by atomic mass is 16.3. The molecule has 0 aromatic carbocycles. The van der Waals surface area contributed by atoms with Crippen LogP contribution in [0.15, 0.2) is 6.07 Å². The van der Waals surface area contributed by atoms with Crippen molar-refractivity contribution >= 4 is 11.7 Å². The molecule has 0 unspecified atom stereocenters. The summed E-state index contributed by atoms with van der Waals surface area (Å²) in [7, 11) is 0. The quantitative estimate of drug-likeness (QED) is 0.525. The number of nitrogen functional groups attached to an aromatic ring is 1. The average Bonchev–Trinajstić information content (AvgIpc) is 2.46. The first kappa shape index (κ1) is 10.5. The molecule has 0 fully saturated rings. The molecule has 0 spiro atoms. The Bertz CT molecular complexity index is 326. The van der Waals surface area contributed by atoms with E-state index in [1.807, 2.05) is 0 Å². The van der Waals surface area contributed by atoms with Crippen molar-refractivity contribution < 1.29 is 9.90 Å². The highest BCUT2D eigenvalue weighted by molar-refractivity contribution is 5.92. The lowest BCUT2D eigenvalue weighted by Gasteiger charge is -2.16. The number of hydrogen-bond acceptors (Lipinski definition) is 4. The minimum absolute atomic E-state index is 0.171. The molecule has 1 heterocycles. The minimum Gasteiger partial charge on any atom is -0.389 e. The van der Waals surface area contributed by atoms with E-state index in [1.54, 1.807) is 13.8 Å². The fraction of sp³-hybridized carbons (Fsp3) is 0.500. The first-order valence-corrected chi connectivity index (χ1v) is 4.20. The lowest BCUT2D eigenvalue weighted by molar-refractivity contribution is 0.0692. The van der Waals surface area contributed by atoms with Crippen LogP contribution in [-0.2, 0) is 0 Å². The first-order valence-electron chi connectivity index (χ1n) is 4.20. The van der Waals surface area contributed by atoms with E-state index in [-0.39, 0.29) is 24.0 Å². The van der Waals surface area contributed by atoms with Crippen LogP contribution in [0.25, 0.3) is 0 Å². The summed E-state index contributed by atoms with van der Waals surface area (Å²) in [5.74, 6) is -0.0743. The number of aromatic nitrogens is 2. The standard InChI is InChI=1S/C8H14N4O2/c1-8(2,14)4-10-7(13)5-3-6(9)12-11-5/h3,14H,4H2,1-2H3,(H,10,13)(H3,9,11,12). The first-order chi connectivity index (χ1) is 6.38. The van der Waals surface area contributed by atoms with Gasteiger partial charge in [0.05, 0.1) is 5.60 Å². The molecule has 0 saturated carbocycles. The molecular formula is C8H14N4O2. The Morgan fingerprint density at radius 2 is 2.43 bits per heavy atom. The highest BCUT2D eigenvalue weighted by Gasteiger charge is 2.15. The maximum atomic E-state index is 11.4. The van der Waals surface area contributed by atoms with Crippen LogP contribution < -0.4 is 11.1 Å². The van der Waals surface area contributed by atoms with Crippen LogP contribution in [0.4, 0.5) is 5.82 Å². The van der Waals surface area contributed by atoms with Gasteiger partial charge in [-0.15, -0.1) is 0 Å². The Hall–Kier alpha value is -1.56. The van der Waals surface area contributed by atoms with Crippen molar-refractivity contribution in [2.24, 2.45) is 0 Å². The van der Waals surface area contributed by atoms with E-state index in [0.29, 0.717) is 0 Å². The predicted octanol–water partition coefficient (Wildman–Crippen LogP) is -0.507. The lowest BCUT2D eigenvalue weighted by Crippen LogP contribution is -2.38. The SMILES string of the molecule is CC(C)(O)CNC(=O)c1cc(N)n[nH]1. The zero-order valence-corrected chi connectivity index (χ0v) is 8.16. The molecule has 0 bridgehead atoms. The van der Waals surface area contributed by atoms with Crippen LogP contribution in [0, 0.1) is 0 Å². The number of anilines is 1. The number of rotatable bonds is 3. The molecule has 1 amide bonds. The van der Waals surface area contributed by atoms with Gasteiger partial charge in [-0.2, -0.15) is 5.10 Å². The number of amides is 1. The molecule has 14 heavy (non-hydrogen) atoms. The van der Waals surface area contributed by atoms with Crippen molar-refractivity contribution in [2.75, 3.05) is 12.3 Å². The Morgan fingerprint density at radius 3 is 2.86 bits per heavy atom. The number of carbonyl (C=O) groups excluding carboxylic acids is 1. The smallest absolute Gasteiger partial charge is 0.269 e. The number of H-pyrrole nitrogens is 1. The van der Waals surface area contributed by atoms with Crippen molar-refractivity contribution in [3.05, 3.63) is 11.8 Å². The van der Waals surface area contributed by atoms with E-state index in [9.17, 15) is 9.90 Å². The maximum absolute atomic E-state index is 11.4. The van der Waals surface area contributed by atoms with Crippen LogP contribution in [0.5, 0.6) is 0 Å².